The molecule has 1 aliphatic rings. The molecule has 78 valence electrons. The van der Waals surface area contributed by atoms with Crippen molar-refractivity contribution in [2.45, 2.75) is 25.3 Å². The van der Waals surface area contributed by atoms with Crippen molar-refractivity contribution in [2.75, 3.05) is 0 Å². The Hall–Kier alpha value is -0.930. The van der Waals surface area contributed by atoms with Gasteiger partial charge in [0.25, 0.3) is 0 Å². The number of hydrogen-bond donors (Lipinski definition) is 3. The third-order valence-electron chi connectivity index (χ3n) is 2.56. The van der Waals surface area contributed by atoms with E-state index in [4.69, 9.17) is 5.73 Å². The fourth-order valence-corrected chi connectivity index (χ4v) is 1.81. The van der Waals surface area contributed by atoms with E-state index < -0.39 is 0 Å². The predicted octanol–water partition coefficient (Wildman–Crippen LogP) is 1.34. The normalized spacial score (nSPS) is 19.6. The molecule has 3 nitrogen and oxygen atoms in total. The molecule has 0 aliphatic heterocycles. The van der Waals surface area contributed by atoms with Crippen molar-refractivity contribution in [3.63, 3.8) is 0 Å². The number of aryl methyl sites for hydroxylation is 1. The lowest BCUT2D eigenvalue weighted by Gasteiger charge is -2.21. The second-order valence-electron chi connectivity index (χ2n) is 3.61. The molecule has 0 saturated heterocycles. The maximum atomic E-state index is 9.27. The molecule has 0 amide bonds. The number of aromatic hydroxyl groups is 2. The van der Waals surface area contributed by atoms with Gasteiger partial charge in [-0.15, -0.1) is 12.4 Å². The van der Waals surface area contributed by atoms with Crippen molar-refractivity contribution in [3.05, 3.63) is 23.3 Å². The number of halogens is 1. The highest BCUT2D eigenvalue weighted by Gasteiger charge is 2.17. The zero-order chi connectivity index (χ0) is 9.42. The van der Waals surface area contributed by atoms with Crippen LogP contribution in [0.3, 0.4) is 0 Å². The average Bonchev–Trinajstić information content (AvgIpc) is 2.08. The SMILES string of the molecule is Cl.NC1CCc2cc(O)c(O)cc2C1. The first-order valence-corrected chi connectivity index (χ1v) is 4.46. The molecule has 1 aromatic rings. The number of nitrogens with two attached hydrogens (primary N) is 1. The summed E-state index contributed by atoms with van der Waals surface area (Å²) in [4.78, 5) is 0. The molecule has 0 fully saturated rings. The first-order chi connectivity index (χ1) is 6.16. The zero-order valence-corrected chi connectivity index (χ0v) is 8.55. The molecule has 0 heterocycles. The minimum atomic E-state index is -0.0483. The van der Waals surface area contributed by atoms with Crippen LogP contribution < -0.4 is 5.73 Å². The van der Waals surface area contributed by atoms with Gasteiger partial charge in [-0.3, -0.25) is 0 Å². The zero-order valence-electron chi connectivity index (χ0n) is 7.73. The Bertz CT molecular complexity index is 341. The van der Waals surface area contributed by atoms with Crippen molar-refractivity contribution in [1.82, 2.24) is 0 Å². The Balaban J connectivity index is 0.000000980. The fourth-order valence-electron chi connectivity index (χ4n) is 1.81. The van der Waals surface area contributed by atoms with Gasteiger partial charge < -0.3 is 15.9 Å². The minimum absolute atomic E-state index is 0. The summed E-state index contributed by atoms with van der Waals surface area (Å²) in [7, 11) is 0. The third kappa shape index (κ3) is 1.94. The average molecular weight is 216 g/mol. The first-order valence-electron chi connectivity index (χ1n) is 4.46. The number of rotatable bonds is 0. The lowest BCUT2D eigenvalue weighted by atomic mass is 9.88. The monoisotopic (exact) mass is 215 g/mol. The van der Waals surface area contributed by atoms with E-state index in [1.165, 1.54) is 0 Å². The van der Waals surface area contributed by atoms with Crippen LogP contribution in [0.15, 0.2) is 12.1 Å². The minimum Gasteiger partial charge on any atom is -0.504 e. The molecule has 0 saturated carbocycles. The smallest absolute Gasteiger partial charge is 0.157 e. The highest BCUT2D eigenvalue weighted by molar-refractivity contribution is 5.85. The molecule has 1 aromatic carbocycles. The van der Waals surface area contributed by atoms with Gasteiger partial charge in [0.1, 0.15) is 0 Å². The quantitative estimate of drug-likeness (QED) is 0.572. The molecule has 4 heteroatoms. The summed E-state index contributed by atoms with van der Waals surface area (Å²) in [6.45, 7) is 0. The third-order valence-corrected chi connectivity index (χ3v) is 2.56. The van der Waals surface area contributed by atoms with Gasteiger partial charge in [-0.1, -0.05) is 0 Å². The molecule has 1 unspecified atom stereocenters. The van der Waals surface area contributed by atoms with Gasteiger partial charge in [-0.05, 0) is 42.5 Å². The molecular weight excluding hydrogens is 202 g/mol. The van der Waals surface area contributed by atoms with Crippen LogP contribution in [0.5, 0.6) is 11.5 Å². The Morgan fingerprint density at radius 3 is 2.36 bits per heavy atom. The van der Waals surface area contributed by atoms with E-state index in [0.717, 1.165) is 30.4 Å². The van der Waals surface area contributed by atoms with Crippen molar-refractivity contribution in [2.24, 2.45) is 5.73 Å². The topological polar surface area (TPSA) is 66.5 Å². The largest absolute Gasteiger partial charge is 0.504 e. The summed E-state index contributed by atoms with van der Waals surface area (Å²) in [6, 6.07) is 3.44. The molecule has 0 aromatic heterocycles. The van der Waals surface area contributed by atoms with Crippen molar-refractivity contribution < 1.29 is 10.2 Å². The van der Waals surface area contributed by atoms with Gasteiger partial charge >= 0.3 is 0 Å². The van der Waals surface area contributed by atoms with E-state index in [1.54, 1.807) is 12.1 Å². The molecule has 14 heavy (non-hydrogen) atoms. The molecule has 2 rings (SSSR count). The Morgan fingerprint density at radius 1 is 1.14 bits per heavy atom. The summed E-state index contributed by atoms with van der Waals surface area (Å²) in [5.74, 6) is -0.0814. The standard InChI is InChI=1S/C10H13NO2.ClH/c11-8-2-1-6-4-9(12)10(13)5-7(6)3-8;/h4-5,8,12-13H,1-3,11H2;1H. The van der Waals surface area contributed by atoms with Gasteiger partial charge in [0.2, 0.25) is 0 Å². The van der Waals surface area contributed by atoms with Crippen molar-refractivity contribution in [3.8, 4) is 11.5 Å². The fraction of sp³-hybridized carbons (Fsp3) is 0.400. The Kier molecular flexibility index (Phi) is 3.24. The highest BCUT2D eigenvalue weighted by atomic mass is 35.5. The summed E-state index contributed by atoms with van der Waals surface area (Å²) < 4.78 is 0. The van der Waals surface area contributed by atoms with E-state index >= 15 is 0 Å². The van der Waals surface area contributed by atoms with Gasteiger partial charge in [0, 0.05) is 6.04 Å². The predicted molar refractivity (Wildman–Crippen MR) is 57.0 cm³/mol. The first kappa shape index (κ1) is 11.1. The van der Waals surface area contributed by atoms with Gasteiger partial charge in [0.15, 0.2) is 11.5 Å². The highest BCUT2D eigenvalue weighted by Crippen LogP contribution is 2.31. The van der Waals surface area contributed by atoms with Crippen LogP contribution in [0.2, 0.25) is 0 Å². The Morgan fingerprint density at radius 2 is 1.71 bits per heavy atom. The summed E-state index contributed by atoms with van der Waals surface area (Å²) in [5, 5.41) is 18.5. The van der Waals surface area contributed by atoms with Crippen LogP contribution in [0.25, 0.3) is 0 Å². The maximum Gasteiger partial charge on any atom is 0.157 e. The van der Waals surface area contributed by atoms with Gasteiger partial charge in [-0.25, -0.2) is 0 Å². The van der Waals surface area contributed by atoms with Gasteiger partial charge in [0.05, 0.1) is 0 Å². The van der Waals surface area contributed by atoms with E-state index in [0.29, 0.717) is 0 Å². The van der Waals surface area contributed by atoms with Crippen LogP contribution in [0, 0.1) is 0 Å². The number of phenolic OH excluding ortho intramolecular Hbond substituents is 2. The van der Waals surface area contributed by atoms with E-state index in [2.05, 4.69) is 0 Å². The molecule has 1 aliphatic carbocycles. The van der Waals surface area contributed by atoms with Crippen molar-refractivity contribution in [1.29, 1.82) is 0 Å². The lowest BCUT2D eigenvalue weighted by Crippen LogP contribution is -2.27. The maximum absolute atomic E-state index is 9.27. The van der Waals surface area contributed by atoms with Crippen LogP contribution in [0.1, 0.15) is 17.5 Å². The van der Waals surface area contributed by atoms with Crippen molar-refractivity contribution >= 4 is 12.4 Å². The summed E-state index contributed by atoms with van der Waals surface area (Å²) in [5.41, 5.74) is 7.97. The molecular formula is C10H14ClNO2. The number of hydrogen-bond acceptors (Lipinski definition) is 3. The number of benzene rings is 1. The van der Waals surface area contributed by atoms with E-state index in [1.807, 2.05) is 0 Å². The van der Waals surface area contributed by atoms with Crippen LogP contribution in [-0.2, 0) is 12.8 Å². The molecule has 0 spiro atoms. The lowest BCUT2D eigenvalue weighted by molar-refractivity contribution is 0.401. The molecule has 0 bridgehead atoms. The van der Waals surface area contributed by atoms with Crippen LogP contribution >= 0.6 is 12.4 Å². The second-order valence-corrected chi connectivity index (χ2v) is 3.61. The van der Waals surface area contributed by atoms with E-state index in [-0.39, 0.29) is 29.9 Å². The molecule has 4 N–H and O–H groups in total. The van der Waals surface area contributed by atoms with Crippen LogP contribution in [-0.4, -0.2) is 16.3 Å². The summed E-state index contributed by atoms with van der Waals surface area (Å²) >= 11 is 0. The molecule has 0 radical (unpaired) electrons. The summed E-state index contributed by atoms with van der Waals surface area (Å²) in [6.07, 6.45) is 2.64. The van der Waals surface area contributed by atoms with E-state index in [9.17, 15) is 10.2 Å². The van der Waals surface area contributed by atoms with Crippen LogP contribution in [0.4, 0.5) is 0 Å². The molecule has 1 atom stereocenters. The second kappa shape index (κ2) is 4.07. The number of fused-ring (bicyclic) bond motifs is 1. The number of phenols is 2. The Labute approximate surface area is 89.0 Å². The van der Waals surface area contributed by atoms with Gasteiger partial charge in [-0.2, -0.15) is 0 Å².